The molecule has 3 rings (SSSR count). The lowest BCUT2D eigenvalue weighted by Crippen LogP contribution is -2.40. The first-order valence-corrected chi connectivity index (χ1v) is 6.41. The van der Waals surface area contributed by atoms with Gasteiger partial charge in [0.25, 0.3) is 0 Å². The van der Waals surface area contributed by atoms with Crippen molar-refractivity contribution < 1.29 is 9.84 Å². The summed E-state index contributed by atoms with van der Waals surface area (Å²) in [6.45, 7) is 4.68. The van der Waals surface area contributed by atoms with Crippen molar-refractivity contribution >= 4 is 0 Å². The highest BCUT2D eigenvalue weighted by Gasteiger charge is 2.35. The maximum atomic E-state index is 10.2. The fourth-order valence-corrected chi connectivity index (χ4v) is 2.96. The predicted molar refractivity (Wildman–Crippen MR) is 66.2 cm³/mol. The minimum absolute atomic E-state index is 0.126. The molecule has 0 aliphatic carbocycles. The summed E-state index contributed by atoms with van der Waals surface area (Å²) >= 11 is 0. The minimum atomic E-state index is -0.401. The fourth-order valence-electron chi connectivity index (χ4n) is 2.96. The number of benzene rings is 1. The number of aliphatic hydroxyl groups is 1. The lowest BCUT2D eigenvalue weighted by atomic mass is 9.95. The van der Waals surface area contributed by atoms with Crippen molar-refractivity contribution in [3.8, 4) is 5.75 Å². The maximum absolute atomic E-state index is 10.2. The van der Waals surface area contributed by atoms with Gasteiger partial charge in [-0.25, -0.2) is 0 Å². The highest BCUT2D eigenvalue weighted by molar-refractivity contribution is 5.41. The zero-order chi connectivity index (χ0) is 11.8. The van der Waals surface area contributed by atoms with Gasteiger partial charge in [-0.3, -0.25) is 4.90 Å². The van der Waals surface area contributed by atoms with Crippen LogP contribution < -0.4 is 4.74 Å². The lowest BCUT2D eigenvalue weighted by molar-refractivity contribution is 0.00873. The Hall–Kier alpha value is -1.06. The van der Waals surface area contributed by atoms with Gasteiger partial charge < -0.3 is 9.84 Å². The number of nitrogens with zero attached hydrogens (tertiary/aromatic N) is 1. The standard InChI is InChI=1S/C14H19NO2/c1-10-4-5-13-11(8-10)14(12(16)9-17-13)15-6-2-3-7-15/h4-5,8,12,14,16H,2-3,6-7,9H2,1H3. The van der Waals surface area contributed by atoms with Gasteiger partial charge in [0.2, 0.25) is 0 Å². The first kappa shape index (κ1) is 11.1. The van der Waals surface area contributed by atoms with Crippen molar-refractivity contribution in [2.75, 3.05) is 19.7 Å². The van der Waals surface area contributed by atoms with Gasteiger partial charge in [-0.15, -0.1) is 0 Å². The normalized spacial score (nSPS) is 28.8. The van der Waals surface area contributed by atoms with Crippen LogP contribution >= 0.6 is 0 Å². The Morgan fingerprint density at radius 1 is 1.29 bits per heavy atom. The topological polar surface area (TPSA) is 32.7 Å². The zero-order valence-electron chi connectivity index (χ0n) is 10.2. The van der Waals surface area contributed by atoms with Gasteiger partial charge in [0.1, 0.15) is 18.5 Å². The SMILES string of the molecule is Cc1ccc2c(c1)C(N1CCCC1)C(O)CO2. The molecule has 2 aliphatic heterocycles. The molecule has 0 aromatic heterocycles. The molecule has 1 aromatic carbocycles. The molecule has 2 heterocycles. The van der Waals surface area contributed by atoms with Crippen LogP contribution in [0, 0.1) is 6.92 Å². The summed E-state index contributed by atoms with van der Waals surface area (Å²) < 4.78 is 5.60. The Bertz CT molecular complexity index is 413. The molecule has 0 amide bonds. The molecule has 2 atom stereocenters. The minimum Gasteiger partial charge on any atom is -0.490 e. The van der Waals surface area contributed by atoms with Crippen LogP contribution in [0.3, 0.4) is 0 Å². The van der Waals surface area contributed by atoms with Crippen LogP contribution in [0.5, 0.6) is 5.75 Å². The number of aryl methyl sites for hydroxylation is 1. The van der Waals surface area contributed by atoms with E-state index < -0.39 is 6.10 Å². The summed E-state index contributed by atoms with van der Waals surface area (Å²) in [6.07, 6.45) is 2.08. The first-order chi connectivity index (χ1) is 8.25. The van der Waals surface area contributed by atoms with Crippen LogP contribution in [0.4, 0.5) is 0 Å². The molecule has 1 N–H and O–H groups in total. The molecule has 0 radical (unpaired) electrons. The van der Waals surface area contributed by atoms with Gasteiger partial charge in [0.05, 0.1) is 6.04 Å². The first-order valence-electron chi connectivity index (χ1n) is 6.41. The molecule has 3 nitrogen and oxygen atoms in total. The zero-order valence-corrected chi connectivity index (χ0v) is 10.2. The number of hydrogen-bond donors (Lipinski definition) is 1. The van der Waals surface area contributed by atoms with Crippen molar-refractivity contribution in [2.45, 2.75) is 31.9 Å². The molecule has 1 saturated heterocycles. The van der Waals surface area contributed by atoms with E-state index in [9.17, 15) is 5.11 Å². The largest absolute Gasteiger partial charge is 0.490 e. The van der Waals surface area contributed by atoms with Crippen LogP contribution in [0.15, 0.2) is 18.2 Å². The van der Waals surface area contributed by atoms with E-state index in [-0.39, 0.29) is 6.04 Å². The Balaban J connectivity index is 1.99. The van der Waals surface area contributed by atoms with Gasteiger partial charge >= 0.3 is 0 Å². The van der Waals surface area contributed by atoms with Crippen LogP contribution in [0.1, 0.15) is 30.0 Å². The number of aliphatic hydroxyl groups excluding tert-OH is 1. The van der Waals surface area contributed by atoms with E-state index in [1.165, 1.54) is 18.4 Å². The monoisotopic (exact) mass is 233 g/mol. The average molecular weight is 233 g/mol. The summed E-state index contributed by atoms with van der Waals surface area (Å²) in [6, 6.07) is 6.37. The van der Waals surface area contributed by atoms with Crippen LogP contribution in [0.2, 0.25) is 0 Å². The van der Waals surface area contributed by atoms with Gasteiger partial charge in [-0.05, 0) is 38.9 Å². The molecular formula is C14H19NO2. The summed E-state index contributed by atoms with van der Waals surface area (Å²) in [5, 5.41) is 10.2. The fraction of sp³-hybridized carbons (Fsp3) is 0.571. The smallest absolute Gasteiger partial charge is 0.124 e. The Morgan fingerprint density at radius 2 is 2.06 bits per heavy atom. The van der Waals surface area contributed by atoms with Gasteiger partial charge in [-0.1, -0.05) is 17.7 Å². The van der Waals surface area contributed by atoms with Gasteiger partial charge in [-0.2, -0.15) is 0 Å². The maximum Gasteiger partial charge on any atom is 0.124 e. The van der Waals surface area contributed by atoms with Crippen molar-refractivity contribution in [2.24, 2.45) is 0 Å². The van der Waals surface area contributed by atoms with Crippen molar-refractivity contribution in [3.05, 3.63) is 29.3 Å². The second kappa shape index (κ2) is 4.31. The molecule has 1 aromatic rings. The summed E-state index contributed by atoms with van der Waals surface area (Å²) in [5.41, 5.74) is 2.39. The average Bonchev–Trinajstić information content (AvgIpc) is 2.82. The van der Waals surface area contributed by atoms with Crippen molar-refractivity contribution in [3.63, 3.8) is 0 Å². The van der Waals surface area contributed by atoms with E-state index in [1.54, 1.807) is 0 Å². The number of hydrogen-bond acceptors (Lipinski definition) is 3. The highest BCUT2D eigenvalue weighted by Crippen LogP contribution is 2.38. The van der Waals surface area contributed by atoms with Gasteiger partial charge in [0, 0.05) is 5.56 Å². The molecule has 17 heavy (non-hydrogen) atoms. The van der Waals surface area contributed by atoms with Crippen LogP contribution in [0.25, 0.3) is 0 Å². The number of ether oxygens (including phenoxy) is 1. The highest BCUT2D eigenvalue weighted by atomic mass is 16.5. The summed E-state index contributed by atoms with van der Waals surface area (Å²) in [7, 11) is 0. The third kappa shape index (κ3) is 1.94. The van der Waals surface area contributed by atoms with E-state index in [2.05, 4.69) is 24.0 Å². The van der Waals surface area contributed by atoms with Gasteiger partial charge in [0.15, 0.2) is 0 Å². The van der Waals surface area contributed by atoms with Crippen LogP contribution in [-0.4, -0.2) is 35.8 Å². The lowest BCUT2D eigenvalue weighted by Gasteiger charge is -2.36. The van der Waals surface area contributed by atoms with E-state index >= 15 is 0 Å². The van der Waals surface area contributed by atoms with Crippen molar-refractivity contribution in [1.29, 1.82) is 0 Å². The third-order valence-corrected chi connectivity index (χ3v) is 3.79. The molecule has 1 fully saturated rings. The second-order valence-corrected chi connectivity index (χ2v) is 5.11. The molecule has 92 valence electrons. The molecule has 2 aliphatic rings. The Morgan fingerprint density at radius 3 is 2.82 bits per heavy atom. The molecule has 2 unspecified atom stereocenters. The third-order valence-electron chi connectivity index (χ3n) is 3.79. The molecule has 0 saturated carbocycles. The molecular weight excluding hydrogens is 214 g/mol. The summed E-state index contributed by atoms with van der Waals surface area (Å²) in [5.74, 6) is 0.942. The summed E-state index contributed by atoms with van der Waals surface area (Å²) in [4.78, 5) is 2.39. The molecule has 0 spiro atoms. The second-order valence-electron chi connectivity index (χ2n) is 5.11. The quantitative estimate of drug-likeness (QED) is 0.804. The Kier molecular flexibility index (Phi) is 2.81. The number of likely N-dealkylation sites (tertiary alicyclic amines) is 1. The predicted octanol–water partition coefficient (Wildman–Crippen LogP) is 1.89. The van der Waals surface area contributed by atoms with Crippen molar-refractivity contribution in [1.82, 2.24) is 4.90 Å². The van der Waals surface area contributed by atoms with Crippen LogP contribution in [-0.2, 0) is 0 Å². The van der Waals surface area contributed by atoms with E-state index in [4.69, 9.17) is 4.74 Å². The van der Waals surface area contributed by atoms with E-state index in [1.807, 2.05) is 6.07 Å². The Labute approximate surface area is 102 Å². The van der Waals surface area contributed by atoms with E-state index in [0.717, 1.165) is 24.4 Å². The molecule has 3 heteroatoms. The number of rotatable bonds is 1. The number of fused-ring (bicyclic) bond motifs is 1. The van der Waals surface area contributed by atoms with E-state index in [0.29, 0.717) is 6.61 Å². The molecule has 0 bridgehead atoms.